The quantitative estimate of drug-likeness (QED) is 0.875. The highest BCUT2D eigenvalue weighted by molar-refractivity contribution is 5.54. The van der Waals surface area contributed by atoms with Crippen molar-refractivity contribution in [2.75, 3.05) is 12.4 Å². The summed E-state index contributed by atoms with van der Waals surface area (Å²) in [4.78, 5) is 0. The largest absolute Gasteiger partial charge is 0.497 e. The van der Waals surface area contributed by atoms with Crippen LogP contribution < -0.4 is 15.4 Å². The van der Waals surface area contributed by atoms with Gasteiger partial charge < -0.3 is 19.8 Å². The molecule has 0 unspecified atom stereocenters. The minimum Gasteiger partial charge on any atom is -0.497 e. The van der Waals surface area contributed by atoms with Crippen molar-refractivity contribution in [2.45, 2.75) is 32.9 Å². The van der Waals surface area contributed by atoms with Crippen LogP contribution in [-0.2, 0) is 6.54 Å². The van der Waals surface area contributed by atoms with E-state index in [1.807, 2.05) is 24.3 Å². The molecule has 6 heteroatoms. The molecule has 108 valence electrons. The maximum absolute atomic E-state index is 5.52. The molecule has 2 aromatic rings. The summed E-state index contributed by atoms with van der Waals surface area (Å²) in [5.74, 6) is 1.31. The number of nitrogens with one attached hydrogen (secondary N) is 2. The SMILES string of the molecule is COc1cccc(Nc2nnc(CNC(C)(C)C)o2)c1. The van der Waals surface area contributed by atoms with E-state index in [0.717, 1.165) is 11.4 Å². The molecule has 20 heavy (non-hydrogen) atoms. The normalized spacial score (nSPS) is 11.4. The van der Waals surface area contributed by atoms with Gasteiger partial charge in [-0.2, -0.15) is 0 Å². The second-order valence-corrected chi connectivity index (χ2v) is 5.46. The third-order valence-corrected chi connectivity index (χ3v) is 2.56. The molecule has 0 radical (unpaired) electrons. The number of methoxy groups -OCH3 is 1. The zero-order valence-electron chi connectivity index (χ0n) is 12.2. The van der Waals surface area contributed by atoms with E-state index in [9.17, 15) is 0 Å². The molecule has 0 bridgehead atoms. The minimum atomic E-state index is 0.00879. The third-order valence-electron chi connectivity index (χ3n) is 2.56. The van der Waals surface area contributed by atoms with Crippen molar-refractivity contribution >= 4 is 11.7 Å². The predicted molar refractivity (Wildman–Crippen MR) is 77.2 cm³/mol. The monoisotopic (exact) mass is 276 g/mol. The highest BCUT2D eigenvalue weighted by atomic mass is 16.5. The van der Waals surface area contributed by atoms with E-state index in [1.165, 1.54) is 0 Å². The van der Waals surface area contributed by atoms with Crippen molar-refractivity contribution in [3.05, 3.63) is 30.2 Å². The van der Waals surface area contributed by atoms with Gasteiger partial charge in [-0.05, 0) is 32.9 Å². The Bertz CT molecular complexity index is 560. The standard InChI is InChI=1S/C14H20N4O2/c1-14(2,3)15-9-12-17-18-13(20-12)16-10-6-5-7-11(8-10)19-4/h5-8,15H,9H2,1-4H3,(H,16,18). The second kappa shape index (κ2) is 5.92. The lowest BCUT2D eigenvalue weighted by Crippen LogP contribution is -2.35. The van der Waals surface area contributed by atoms with Gasteiger partial charge in [0.2, 0.25) is 5.89 Å². The number of aromatic nitrogens is 2. The second-order valence-electron chi connectivity index (χ2n) is 5.46. The smallest absolute Gasteiger partial charge is 0.320 e. The van der Waals surface area contributed by atoms with Crippen molar-refractivity contribution in [2.24, 2.45) is 0 Å². The van der Waals surface area contributed by atoms with E-state index in [2.05, 4.69) is 41.6 Å². The number of hydrogen-bond donors (Lipinski definition) is 2. The zero-order valence-corrected chi connectivity index (χ0v) is 12.2. The molecule has 2 N–H and O–H groups in total. The fourth-order valence-corrected chi connectivity index (χ4v) is 1.54. The Balaban J connectivity index is 1.98. The Morgan fingerprint density at radius 3 is 2.75 bits per heavy atom. The van der Waals surface area contributed by atoms with Gasteiger partial charge in [0.1, 0.15) is 5.75 Å². The van der Waals surface area contributed by atoms with Gasteiger partial charge in [0.05, 0.1) is 13.7 Å². The molecule has 0 aliphatic carbocycles. The number of rotatable bonds is 5. The maximum atomic E-state index is 5.52. The minimum absolute atomic E-state index is 0.00879. The van der Waals surface area contributed by atoms with E-state index < -0.39 is 0 Å². The third kappa shape index (κ3) is 4.24. The molecule has 0 atom stereocenters. The maximum Gasteiger partial charge on any atom is 0.320 e. The summed E-state index contributed by atoms with van der Waals surface area (Å²) in [7, 11) is 1.63. The van der Waals surface area contributed by atoms with Crippen LogP contribution in [0.4, 0.5) is 11.7 Å². The Labute approximate surface area is 118 Å². The van der Waals surface area contributed by atoms with Crippen molar-refractivity contribution in [1.29, 1.82) is 0 Å². The van der Waals surface area contributed by atoms with Crippen LogP contribution in [0.2, 0.25) is 0 Å². The molecular weight excluding hydrogens is 256 g/mol. The van der Waals surface area contributed by atoms with Crippen LogP contribution in [0.25, 0.3) is 0 Å². The van der Waals surface area contributed by atoms with Gasteiger partial charge in [-0.3, -0.25) is 0 Å². The first-order chi connectivity index (χ1) is 9.46. The Morgan fingerprint density at radius 1 is 1.25 bits per heavy atom. The van der Waals surface area contributed by atoms with E-state index in [1.54, 1.807) is 7.11 Å². The Hall–Kier alpha value is -2.08. The number of anilines is 2. The van der Waals surface area contributed by atoms with Crippen molar-refractivity contribution < 1.29 is 9.15 Å². The van der Waals surface area contributed by atoms with Crippen molar-refractivity contribution in [3.63, 3.8) is 0 Å². The zero-order chi connectivity index (χ0) is 14.6. The van der Waals surface area contributed by atoms with E-state index in [0.29, 0.717) is 18.5 Å². The van der Waals surface area contributed by atoms with Crippen LogP contribution in [0.1, 0.15) is 26.7 Å². The first kappa shape index (κ1) is 14.3. The average Bonchev–Trinajstić information content (AvgIpc) is 2.83. The predicted octanol–water partition coefficient (Wildman–Crippen LogP) is 2.71. The molecule has 0 aliphatic heterocycles. The molecule has 0 saturated carbocycles. The summed E-state index contributed by atoms with van der Waals surface area (Å²) in [6.45, 7) is 6.78. The summed E-state index contributed by atoms with van der Waals surface area (Å²) in [6.07, 6.45) is 0. The molecule has 1 aromatic carbocycles. The lowest BCUT2D eigenvalue weighted by Gasteiger charge is -2.18. The molecule has 1 aromatic heterocycles. The van der Waals surface area contributed by atoms with E-state index in [-0.39, 0.29) is 5.54 Å². The van der Waals surface area contributed by atoms with Gasteiger partial charge in [0, 0.05) is 17.3 Å². The molecular formula is C14H20N4O2. The summed E-state index contributed by atoms with van der Waals surface area (Å²) in [6, 6.07) is 7.89. The van der Waals surface area contributed by atoms with Crippen LogP contribution >= 0.6 is 0 Å². The number of hydrogen-bond acceptors (Lipinski definition) is 6. The Morgan fingerprint density at radius 2 is 2.05 bits per heavy atom. The topological polar surface area (TPSA) is 72.2 Å². The number of ether oxygens (including phenoxy) is 1. The van der Waals surface area contributed by atoms with Crippen LogP contribution in [-0.4, -0.2) is 22.8 Å². The highest BCUT2D eigenvalue weighted by Crippen LogP contribution is 2.20. The van der Waals surface area contributed by atoms with Gasteiger partial charge in [0.15, 0.2) is 0 Å². The van der Waals surface area contributed by atoms with Crippen LogP contribution in [0.15, 0.2) is 28.7 Å². The molecule has 0 amide bonds. The van der Waals surface area contributed by atoms with E-state index >= 15 is 0 Å². The molecule has 0 saturated heterocycles. The van der Waals surface area contributed by atoms with Crippen LogP contribution in [0.3, 0.4) is 0 Å². The molecule has 2 rings (SSSR count). The molecule has 0 aliphatic rings. The molecule has 6 nitrogen and oxygen atoms in total. The summed E-state index contributed by atoms with van der Waals surface area (Å²) in [5.41, 5.74) is 0.845. The fraction of sp³-hybridized carbons (Fsp3) is 0.429. The van der Waals surface area contributed by atoms with Gasteiger partial charge in [-0.25, -0.2) is 0 Å². The first-order valence-corrected chi connectivity index (χ1v) is 6.45. The van der Waals surface area contributed by atoms with Gasteiger partial charge in [-0.15, -0.1) is 5.10 Å². The van der Waals surface area contributed by atoms with Gasteiger partial charge in [-0.1, -0.05) is 11.2 Å². The summed E-state index contributed by atoms with van der Waals surface area (Å²) in [5, 5.41) is 14.3. The first-order valence-electron chi connectivity index (χ1n) is 6.45. The highest BCUT2D eigenvalue weighted by Gasteiger charge is 2.12. The molecule has 0 spiro atoms. The number of nitrogens with zero attached hydrogens (tertiary/aromatic N) is 2. The molecule has 0 fully saturated rings. The summed E-state index contributed by atoms with van der Waals surface area (Å²) >= 11 is 0. The number of benzene rings is 1. The van der Waals surface area contributed by atoms with Crippen LogP contribution in [0, 0.1) is 0 Å². The lowest BCUT2D eigenvalue weighted by atomic mass is 10.1. The average molecular weight is 276 g/mol. The van der Waals surface area contributed by atoms with Gasteiger partial charge in [0.25, 0.3) is 0 Å². The Kier molecular flexibility index (Phi) is 4.24. The lowest BCUT2D eigenvalue weighted by molar-refractivity contribution is 0.384. The fourth-order valence-electron chi connectivity index (χ4n) is 1.54. The summed E-state index contributed by atoms with van der Waals surface area (Å²) < 4.78 is 10.7. The van der Waals surface area contributed by atoms with Crippen molar-refractivity contribution in [3.8, 4) is 5.75 Å². The molecule has 1 heterocycles. The van der Waals surface area contributed by atoms with Gasteiger partial charge >= 0.3 is 6.01 Å². The van der Waals surface area contributed by atoms with Crippen molar-refractivity contribution in [1.82, 2.24) is 15.5 Å². The van der Waals surface area contributed by atoms with E-state index in [4.69, 9.17) is 9.15 Å². The van der Waals surface area contributed by atoms with Crippen LogP contribution in [0.5, 0.6) is 5.75 Å².